The Bertz CT molecular complexity index is 1030. The van der Waals surface area contributed by atoms with Crippen molar-refractivity contribution >= 4 is 29.3 Å². The van der Waals surface area contributed by atoms with Crippen LogP contribution in [0.15, 0.2) is 60.8 Å². The maximum atomic E-state index is 13.5. The fourth-order valence-electron chi connectivity index (χ4n) is 2.50. The predicted molar refractivity (Wildman–Crippen MR) is 106 cm³/mol. The van der Waals surface area contributed by atoms with Gasteiger partial charge in [0, 0.05) is 24.3 Å². The van der Waals surface area contributed by atoms with Crippen LogP contribution < -0.4 is 10.1 Å². The number of rotatable bonds is 5. The Labute approximate surface area is 175 Å². The molecule has 3 rings (SSSR count). The molecule has 1 aromatic heterocycles. The van der Waals surface area contributed by atoms with E-state index >= 15 is 0 Å². The van der Waals surface area contributed by atoms with Crippen LogP contribution in [0, 0.1) is 0 Å². The van der Waals surface area contributed by atoms with Crippen molar-refractivity contribution in [1.82, 2.24) is 14.9 Å². The molecule has 0 atom stereocenters. The topological polar surface area (TPSA) is 67.4 Å². The fraction of sp³-hybridized carbons (Fsp3) is 0.150. The van der Waals surface area contributed by atoms with Crippen LogP contribution in [-0.2, 0) is 12.7 Å². The van der Waals surface area contributed by atoms with E-state index in [1.165, 1.54) is 13.1 Å². The van der Waals surface area contributed by atoms with Gasteiger partial charge in [-0.15, -0.1) is 0 Å². The molecule has 0 aliphatic carbocycles. The number of nitrogens with zero attached hydrogens (tertiary/aromatic N) is 3. The van der Waals surface area contributed by atoms with Crippen LogP contribution in [0.4, 0.5) is 29.6 Å². The summed E-state index contributed by atoms with van der Waals surface area (Å²) in [6.45, 7) is 0.163. The third-order valence-corrected chi connectivity index (χ3v) is 4.11. The minimum Gasteiger partial charge on any atom is -0.406 e. The zero-order valence-electron chi connectivity index (χ0n) is 15.7. The molecule has 2 aromatic carbocycles. The van der Waals surface area contributed by atoms with Gasteiger partial charge in [-0.25, -0.2) is 14.8 Å². The summed E-state index contributed by atoms with van der Waals surface area (Å²) in [7, 11) is 1.42. The lowest BCUT2D eigenvalue weighted by atomic mass is 10.2. The third kappa shape index (κ3) is 5.60. The standard InChI is InChI=1S/C20H16ClF3N4O2/c1-28(12-13-6-3-2-4-7-13)19(29)30-16-11-25-18(27-17(16)20(22,23)24)26-15-9-5-8-14(21)10-15/h2-11H,12H2,1H3,(H,25,26,27). The van der Waals surface area contributed by atoms with E-state index in [0.29, 0.717) is 10.7 Å². The SMILES string of the molecule is CN(Cc1ccccc1)C(=O)Oc1cnc(Nc2cccc(Cl)c2)nc1C(F)(F)F. The molecule has 0 bridgehead atoms. The van der Waals surface area contributed by atoms with Gasteiger partial charge in [-0.2, -0.15) is 13.2 Å². The maximum Gasteiger partial charge on any atom is 0.437 e. The Balaban J connectivity index is 1.79. The van der Waals surface area contributed by atoms with Crippen LogP contribution in [0.2, 0.25) is 5.02 Å². The monoisotopic (exact) mass is 436 g/mol. The lowest BCUT2D eigenvalue weighted by molar-refractivity contribution is -0.142. The lowest BCUT2D eigenvalue weighted by Crippen LogP contribution is -2.30. The Kier molecular flexibility index (Phi) is 6.41. The van der Waals surface area contributed by atoms with E-state index < -0.39 is 23.7 Å². The fourth-order valence-corrected chi connectivity index (χ4v) is 2.69. The van der Waals surface area contributed by atoms with E-state index in [1.54, 1.807) is 42.5 Å². The summed E-state index contributed by atoms with van der Waals surface area (Å²) in [5.41, 5.74) is -0.170. The van der Waals surface area contributed by atoms with Gasteiger partial charge in [0.1, 0.15) is 0 Å². The molecule has 0 saturated carbocycles. The zero-order chi connectivity index (χ0) is 21.7. The number of alkyl halides is 3. The number of hydrogen-bond donors (Lipinski definition) is 1. The second-order valence-electron chi connectivity index (χ2n) is 6.25. The van der Waals surface area contributed by atoms with E-state index in [9.17, 15) is 18.0 Å². The largest absolute Gasteiger partial charge is 0.437 e. The molecular formula is C20H16ClF3N4O2. The van der Waals surface area contributed by atoms with Crippen LogP contribution >= 0.6 is 11.6 Å². The van der Waals surface area contributed by atoms with Crippen LogP contribution in [0.5, 0.6) is 5.75 Å². The van der Waals surface area contributed by atoms with Gasteiger partial charge < -0.3 is 15.0 Å². The quantitative estimate of drug-likeness (QED) is 0.570. The van der Waals surface area contributed by atoms with E-state index in [1.807, 2.05) is 6.07 Å². The summed E-state index contributed by atoms with van der Waals surface area (Å²) in [5, 5.41) is 3.03. The normalized spacial score (nSPS) is 11.1. The number of nitrogens with one attached hydrogen (secondary N) is 1. The van der Waals surface area contributed by atoms with Crippen molar-refractivity contribution in [3.63, 3.8) is 0 Å². The number of aromatic nitrogens is 2. The molecule has 1 N–H and O–H groups in total. The van der Waals surface area contributed by atoms with Gasteiger partial charge >= 0.3 is 12.3 Å². The Morgan fingerprint density at radius 1 is 1.17 bits per heavy atom. The van der Waals surface area contributed by atoms with Crippen molar-refractivity contribution in [3.8, 4) is 5.75 Å². The third-order valence-electron chi connectivity index (χ3n) is 3.88. The Morgan fingerprint density at radius 3 is 2.57 bits per heavy atom. The molecule has 10 heteroatoms. The van der Waals surface area contributed by atoms with Gasteiger partial charge in [-0.1, -0.05) is 48.0 Å². The van der Waals surface area contributed by atoms with Crippen LogP contribution in [0.25, 0.3) is 0 Å². The maximum absolute atomic E-state index is 13.5. The highest BCUT2D eigenvalue weighted by molar-refractivity contribution is 6.30. The Morgan fingerprint density at radius 2 is 1.90 bits per heavy atom. The van der Waals surface area contributed by atoms with Crippen molar-refractivity contribution < 1.29 is 22.7 Å². The van der Waals surface area contributed by atoms with Crippen molar-refractivity contribution in [2.24, 2.45) is 0 Å². The zero-order valence-corrected chi connectivity index (χ0v) is 16.4. The lowest BCUT2D eigenvalue weighted by Gasteiger charge is -2.18. The highest BCUT2D eigenvalue weighted by Crippen LogP contribution is 2.35. The molecule has 0 fully saturated rings. The highest BCUT2D eigenvalue weighted by atomic mass is 35.5. The predicted octanol–water partition coefficient (Wildman–Crippen LogP) is 5.52. The van der Waals surface area contributed by atoms with Gasteiger partial charge in [0.2, 0.25) is 5.95 Å². The first kappa shape index (κ1) is 21.4. The second-order valence-corrected chi connectivity index (χ2v) is 6.69. The molecule has 6 nitrogen and oxygen atoms in total. The summed E-state index contributed by atoms with van der Waals surface area (Å²) in [6.07, 6.45) is -5.03. The number of hydrogen-bond acceptors (Lipinski definition) is 5. The van der Waals surface area contributed by atoms with Gasteiger partial charge in [0.05, 0.1) is 6.20 Å². The molecule has 0 saturated heterocycles. The number of halogens is 4. The summed E-state index contributed by atoms with van der Waals surface area (Å²) in [4.78, 5) is 20.7. The van der Waals surface area contributed by atoms with E-state index in [4.69, 9.17) is 16.3 Å². The van der Waals surface area contributed by atoms with Crippen LogP contribution in [0.1, 0.15) is 11.3 Å². The summed E-state index contributed by atoms with van der Waals surface area (Å²) < 4.78 is 45.4. The molecule has 0 aliphatic rings. The molecule has 30 heavy (non-hydrogen) atoms. The molecule has 0 radical (unpaired) electrons. The second kappa shape index (κ2) is 9.00. The summed E-state index contributed by atoms with van der Waals surface area (Å²) in [6, 6.07) is 15.3. The first-order valence-corrected chi connectivity index (χ1v) is 9.04. The molecular weight excluding hydrogens is 421 g/mol. The van der Waals surface area contributed by atoms with Gasteiger partial charge in [-0.05, 0) is 23.8 Å². The number of amides is 1. The summed E-state index contributed by atoms with van der Waals surface area (Å²) >= 11 is 5.86. The van der Waals surface area contributed by atoms with Crippen molar-refractivity contribution in [1.29, 1.82) is 0 Å². The minimum atomic E-state index is -4.86. The summed E-state index contributed by atoms with van der Waals surface area (Å²) in [5.74, 6) is -1.11. The molecule has 0 unspecified atom stereocenters. The van der Waals surface area contributed by atoms with Gasteiger partial charge in [0.25, 0.3) is 0 Å². The first-order chi connectivity index (χ1) is 14.2. The van der Waals surface area contributed by atoms with E-state index in [2.05, 4.69) is 15.3 Å². The van der Waals surface area contributed by atoms with Gasteiger partial charge in [0.15, 0.2) is 11.4 Å². The number of carbonyl (C=O) groups excluding carboxylic acids is 1. The number of ether oxygens (including phenoxy) is 1. The Hall–Kier alpha value is -3.33. The molecule has 3 aromatic rings. The molecule has 1 amide bonds. The van der Waals surface area contributed by atoms with Crippen molar-refractivity contribution in [2.75, 3.05) is 12.4 Å². The van der Waals surface area contributed by atoms with Gasteiger partial charge in [-0.3, -0.25) is 0 Å². The average molecular weight is 437 g/mol. The van der Waals surface area contributed by atoms with Crippen LogP contribution in [-0.4, -0.2) is 28.0 Å². The smallest absolute Gasteiger partial charge is 0.406 e. The average Bonchev–Trinajstić information content (AvgIpc) is 2.69. The van der Waals surface area contributed by atoms with E-state index in [-0.39, 0.29) is 12.5 Å². The first-order valence-electron chi connectivity index (χ1n) is 8.66. The highest BCUT2D eigenvalue weighted by Gasteiger charge is 2.38. The molecule has 0 aliphatic heterocycles. The van der Waals surface area contributed by atoms with Crippen molar-refractivity contribution in [3.05, 3.63) is 77.1 Å². The molecule has 156 valence electrons. The minimum absolute atomic E-state index is 0.163. The van der Waals surface area contributed by atoms with Crippen molar-refractivity contribution in [2.45, 2.75) is 12.7 Å². The number of anilines is 2. The van der Waals surface area contributed by atoms with E-state index in [0.717, 1.165) is 16.7 Å². The van der Waals surface area contributed by atoms with Crippen LogP contribution in [0.3, 0.4) is 0 Å². The number of benzene rings is 2. The molecule has 1 heterocycles. The molecule has 0 spiro atoms. The number of carbonyl (C=O) groups is 1.